The molecule has 0 aliphatic carbocycles. The van der Waals surface area contributed by atoms with Gasteiger partial charge in [-0.25, -0.2) is 4.79 Å². The van der Waals surface area contributed by atoms with Crippen LogP contribution in [0.5, 0.6) is 0 Å². The molecular formula is C26H44O6. The van der Waals surface area contributed by atoms with E-state index in [1.165, 1.54) is 38.5 Å². The number of hydrogen-bond donors (Lipinski definition) is 2. The molecule has 0 amide bonds. The molecular weight excluding hydrogens is 408 g/mol. The lowest BCUT2D eigenvalue weighted by Gasteiger charge is -2.32. The second-order valence-corrected chi connectivity index (χ2v) is 9.70. The van der Waals surface area contributed by atoms with Crippen LogP contribution in [0.2, 0.25) is 0 Å². The van der Waals surface area contributed by atoms with Crippen molar-refractivity contribution in [2.24, 2.45) is 5.92 Å². The molecule has 6 nitrogen and oxygen atoms in total. The minimum Gasteiger partial charge on any atom is -0.458 e. The Morgan fingerprint density at radius 3 is 2.34 bits per heavy atom. The fraction of sp³-hybridized carbons (Fsp3) is 0.769. The largest absolute Gasteiger partial charge is 0.458 e. The van der Waals surface area contributed by atoms with Gasteiger partial charge in [-0.1, -0.05) is 57.3 Å². The topological polar surface area (TPSA) is 93.1 Å². The van der Waals surface area contributed by atoms with Crippen LogP contribution < -0.4 is 0 Å². The average molecular weight is 453 g/mol. The summed E-state index contributed by atoms with van der Waals surface area (Å²) in [6.45, 7) is 6.85. The summed E-state index contributed by atoms with van der Waals surface area (Å²) < 4.78 is 10.6. The van der Waals surface area contributed by atoms with Crippen LogP contribution in [0.25, 0.3) is 0 Å². The highest BCUT2D eigenvalue weighted by Gasteiger charge is 2.54. The summed E-state index contributed by atoms with van der Waals surface area (Å²) in [5, 5.41) is 20.3. The van der Waals surface area contributed by atoms with Gasteiger partial charge in [0.15, 0.2) is 5.60 Å². The molecule has 1 rings (SSSR count). The molecule has 1 heterocycles. The molecule has 2 N–H and O–H groups in total. The minimum atomic E-state index is -2.10. The second-order valence-electron chi connectivity index (χ2n) is 9.70. The molecule has 0 saturated carbocycles. The molecule has 1 aliphatic heterocycles. The van der Waals surface area contributed by atoms with Crippen molar-refractivity contribution in [3.63, 3.8) is 0 Å². The maximum atomic E-state index is 12.6. The van der Waals surface area contributed by atoms with E-state index in [0.717, 1.165) is 19.3 Å². The van der Waals surface area contributed by atoms with Crippen molar-refractivity contribution >= 4 is 11.9 Å². The van der Waals surface area contributed by atoms with Gasteiger partial charge in [-0.05, 0) is 52.5 Å². The molecule has 1 aliphatic rings. The maximum Gasteiger partial charge on any atom is 0.339 e. The van der Waals surface area contributed by atoms with Crippen molar-refractivity contribution in [1.29, 1.82) is 0 Å². The van der Waals surface area contributed by atoms with Gasteiger partial charge < -0.3 is 19.7 Å². The van der Waals surface area contributed by atoms with E-state index in [1.54, 1.807) is 20.8 Å². The first kappa shape index (κ1) is 28.4. The van der Waals surface area contributed by atoms with Gasteiger partial charge in [-0.2, -0.15) is 0 Å². The van der Waals surface area contributed by atoms with Crippen molar-refractivity contribution in [2.45, 2.75) is 116 Å². The molecule has 0 spiro atoms. The SMILES string of the molecule is CCCCCCCC/C=C\CC/C=C/[C@H]1C[C@H]([C@](O)(CCO)C(=O)OC(C)(C)C)C(=O)O1. The van der Waals surface area contributed by atoms with Crippen molar-refractivity contribution in [3.05, 3.63) is 24.3 Å². The molecule has 6 heteroatoms. The normalized spacial score (nSPS) is 21.2. The maximum absolute atomic E-state index is 12.6. The van der Waals surface area contributed by atoms with E-state index in [2.05, 4.69) is 19.1 Å². The third-order valence-corrected chi connectivity index (χ3v) is 5.58. The lowest BCUT2D eigenvalue weighted by atomic mass is 9.82. The molecule has 184 valence electrons. The van der Waals surface area contributed by atoms with Crippen LogP contribution in [0.1, 0.15) is 98.3 Å². The van der Waals surface area contributed by atoms with E-state index in [0.29, 0.717) is 0 Å². The van der Waals surface area contributed by atoms with Crippen LogP contribution in [0, 0.1) is 5.92 Å². The summed E-state index contributed by atoms with van der Waals surface area (Å²) in [6.07, 6.45) is 18.3. The lowest BCUT2D eigenvalue weighted by molar-refractivity contribution is -0.188. The van der Waals surface area contributed by atoms with E-state index in [1.807, 2.05) is 12.2 Å². The predicted molar refractivity (Wildman–Crippen MR) is 126 cm³/mol. The standard InChI is InChI=1S/C26H44O6/c1-5-6-7-8-9-10-11-12-13-14-15-16-17-21-20-22(23(28)31-21)26(30,18-19-27)24(29)32-25(2,3)4/h12-13,16-17,21-22,27,30H,5-11,14-15,18-20H2,1-4H3/b13-12-,17-16+/t21-,22-,26+/m0/s1. The van der Waals surface area contributed by atoms with Crippen molar-refractivity contribution in [2.75, 3.05) is 6.61 Å². The number of carbonyl (C=O) groups is 2. The Morgan fingerprint density at radius 1 is 1.06 bits per heavy atom. The van der Waals surface area contributed by atoms with Crippen LogP contribution in [0.15, 0.2) is 24.3 Å². The fourth-order valence-corrected chi connectivity index (χ4v) is 3.79. The monoisotopic (exact) mass is 452 g/mol. The van der Waals surface area contributed by atoms with Crippen LogP contribution in [-0.2, 0) is 19.1 Å². The first-order valence-electron chi connectivity index (χ1n) is 12.2. The number of unbranched alkanes of at least 4 members (excludes halogenated alkanes) is 7. The molecule has 0 aromatic heterocycles. The number of esters is 2. The Hall–Kier alpha value is -1.66. The highest BCUT2D eigenvalue weighted by Crippen LogP contribution is 2.35. The van der Waals surface area contributed by atoms with Gasteiger partial charge >= 0.3 is 11.9 Å². The van der Waals surface area contributed by atoms with Crippen LogP contribution in [-0.4, -0.2) is 46.1 Å². The number of aliphatic hydroxyl groups excluding tert-OH is 1. The van der Waals surface area contributed by atoms with E-state index in [9.17, 15) is 19.8 Å². The second kappa shape index (κ2) is 14.5. The molecule has 0 aromatic carbocycles. The molecule has 0 radical (unpaired) electrons. The molecule has 0 unspecified atom stereocenters. The Kier molecular flexibility index (Phi) is 12.8. The number of rotatable bonds is 15. The third-order valence-electron chi connectivity index (χ3n) is 5.58. The summed E-state index contributed by atoms with van der Waals surface area (Å²) in [4.78, 5) is 24.9. The van der Waals surface area contributed by atoms with E-state index in [-0.39, 0.29) is 12.8 Å². The van der Waals surface area contributed by atoms with E-state index >= 15 is 0 Å². The number of allylic oxidation sites excluding steroid dienone is 3. The van der Waals surface area contributed by atoms with Crippen LogP contribution in [0.3, 0.4) is 0 Å². The van der Waals surface area contributed by atoms with Crippen LogP contribution >= 0.6 is 0 Å². The number of cyclic esters (lactones) is 1. The zero-order valence-corrected chi connectivity index (χ0v) is 20.5. The molecule has 1 saturated heterocycles. The quantitative estimate of drug-likeness (QED) is 0.206. The zero-order chi connectivity index (χ0) is 24.0. The first-order valence-corrected chi connectivity index (χ1v) is 12.2. The highest BCUT2D eigenvalue weighted by atomic mass is 16.6. The Morgan fingerprint density at radius 2 is 1.69 bits per heavy atom. The first-order chi connectivity index (χ1) is 15.1. The van der Waals surface area contributed by atoms with Gasteiger partial charge in [0, 0.05) is 19.4 Å². The zero-order valence-electron chi connectivity index (χ0n) is 20.5. The van der Waals surface area contributed by atoms with E-state index in [4.69, 9.17) is 9.47 Å². The molecule has 0 aromatic rings. The summed E-state index contributed by atoms with van der Waals surface area (Å²) in [7, 11) is 0. The summed E-state index contributed by atoms with van der Waals surface area (Å²) >= 11 is 0. The van der Waals surface area contributed by atoms with E-state index < -0.39 is 41.8 Å². The molecule has 0 bridgehead atoms. The average Bonchev–Trinajstić information content (AvgIpc) is 3.08. The Bertz CT molecular complexity index is 618. The Labute approximate surface area is 194 Å². The van der Waals surface area contributed by atoms with Gasteiger partial charge in [0.05, 0.1) is 0 Å². The summed E-state index contributed by atoms with van der Waals surface area (Å²) in [5.41, 5.74) is -2.91. The van der Waals surface area contributed by atoms with Crippen molar-refractivity contribution in [3.8, 4) is 0 Å². The van der Waals surface area contributed by atoms with Gasteiger partial charge in [0.2, 0.25) is 0 Å². The van der Waals surface area contributed by atoms with Gasteiger partial charge in [-0.3, -0.25) is 4.79 Å². The Balaban J connectivity index is 2.44. The summed E-state index contributed by atoms with van der Waals surface area (Å²) in [6, 6.07) is 0. The van der Waals surface area contributed by atoms with Crippen molar-refractivity contribution < 1.29 is 29.3 Å². The number of ether oxygens (including phenoxy) is 2. The van der Waals surface area contributed by atoms with Gasteiger partial charge in [0.1, 0.15) is 17.6 Å². The molecule has 3 atom stereocenters. The number of aliphatic hydroxyl groups is 2. The predicted octanol–water partition coefficient (Wildman–Crippen LogP) is 5.02. The summed E-state index contributed by atoms with van der Waals surface area (Å²) in [5.74, 6) is -2.60. The highest BCUT2D eigenvalue weighted by molar-refractivity contribution is 5.88. The fourth-order valence-electron chi connectivity index (χ4n) is 3.79. The number of carbonyl (C=O) groups excluding carboxylic acids is 2. The van der Waals surface area contributed by atoms with Crippen LogP contribution in [0.4, 0.5) is 0 Å². The number of hydrogen-bond acceptors (Lipinski definition) is 6. The lowest BCUT2D eigenvalue weighted by Crippen LogP contribution is -2.51. The minimum absolute atomic E-state index is 0.180. The van der Waals surface area contributed by atoms with Gasteiger partial charge in [0.25, 0.3) is 0 Å². The molecule has 32 heavy (non-hydrogen) atoms. The smallest absolute Gasteiger partial charge is 0.339 e. The third kappa shape index (κ3) is 10.3. The molecule has 1 fully saturated rings. The van der Waals surface area contributed by atoms with Gasteiger partial charge in [-0.15, -0.1) is 0 Å². The van der Waals surface area contributed by atoms with Crippen molar-refractivity contribution in [1.82, 2.24) is 0 Å².